The molecule has 4 aromatic rings. The van der Waals surface area contributed by atoms with Crippen LogP contribution in [0.2, 0.25) is 10.0 Å². The fourth-order valence-electron chi connectivity index (χ4n) is 4.35. The van der Waals surface area contributed by atoms with Crippen LogP contribution in [0.15, 0.2) is 67.0 Å². The van der Waals surface area contributed by atoms with E-state index in [2.05, 4.69) is 42.4 Å². The third-order valence-corrected chi connectivity index (χ3v) is 6.46. The van der Waals surface area contributed by atoms with E-state index in [1.165, 1.54) is 0 Å². The van der Waals surface area contributed by atoms with E-state index < -0.39 is 0 Å². The maximum Gasteiger partial charge on any atom is 0.238 e. The highest BCUT2D eigenvalue weighted by atomic mass is 35.5. The van der Waals surface area contributed by atoms with E-state index in [1.54, 1.807) is 24.4 Å². The summed E-state index contributed by atoms with van der Waals surface area (Å²) in [6, 6.07) is 17.3. The number of hydrogen-bond donors (Lipinski definition) is 1. The maximum atomic E-state index is 12.5. The highest BCUT2D eigenvalue weighted by molar-refractivity contribution is 6.35. The molecule has 9 heteroatoms. The molecule has 0 aliphatic carbocycles. The Morgan fingerprint density at radius 3 is 2.37 bits per heavy atom. The molecule has 0 bridgehead atoms. The molecule has 5 rings (SSSR count). The summed E-state index contributed by atoms with van der Waals surface area (Å²) in [5.41, 5.74) is 2.64. The van der Waals surface area contributed by atoms with Crippen molar-refractivity contribution in [2.24, 2.45) is 0 Å². The largest absolute Gasteiger partial charge is 0.352 e. The maximum absolute atomic E-state index is 12.5. The number of halogens is 2. The molecule has 0 atom stereocenters. The number of benzene rings is 2. The quantitative estimate of drug-likeness (QED) is 0.409. The Labute approximate surface area is 213 Å². The number of carbonyl (C=O) groups excluding carboxylic acids is 1. The standard InChI is InChI=1S/C26H24Cl2N6O/c27-19-13-20(28)15-21(14-19)30-25(35)17-33-8-10-34(11-9-33)26-23-6-2-1-5-22(23)24(31-32-26)12-18-4-3-7-29-16-18/h1-7,13-16H,8-12,17H2,(H,30,35). The molecule has 1 saturated heterocycles. The summed E-state index contributed by atoms with van der Waals surface area (Å²) in [4.78, 5) is 21.1. The van der Waals surface area contributed by atoms with Crippen molar-refractivity contribution in [2.45, 2.75) is 6.42 Å². The van der Waals surface area contributed by atoms with E-state index in [-0.39, 0.29) is 5.91 Å². The van der Waals surface area contributed by atoms with Crippen LogP contribution in [0.4, 0.5) is 11.5 Å². The van der Waals surface area contributed by atoms with Gasteiger partial charge in [-0.05, 0) is 29.8 Å². The third kappa shape index (κ3) is 5.70. The first-order chi connectivity index (χ1) is 17.0. The minimum Gasteiger partial charge on any atom is -0.352 e. The molecule has 35 heavy (non-hydrogen) atoms. The van der Waals surface area contributed by atoms with Gasteiger partial charge in [0, 0.05) is 71.5 Å². The van der Waals surface area contributed by atoms with Crippen molar-refractivity contribution < 1.29 is 4.79 Å². The zero-order chi connectivity index (χ0) is 24.2. The van der Waals surface area contributed by atoms with Crippen LogP contribution >= 0.6 is 23.2 Å². The summed E-state index contributed by atoms with van der Waals surface area (Å²) in [7, 11) is 0. The van der Waals surface area contributed by atoms with Crippen molar-refractivity contribution in [3.05, 3.63) is 88.3 Å². The number of carbonyl (C=O) groups is 1. The predicted molar refractivity (Wildman–Crippen MR) is 140 cm³/mol. The Morgan fingerprint density at radius 2 is 1.66 bits per heavy atom. The van der Waals surface area contributed by atoms with Gasteiger partial charge < -0.3 is 10.2 Å². The third-order valence-electron chi connectivity index (χ3n) is 6.02. The molecule has 1 N–H and O–H groups in total. The monoisotopic (exact) mass is 506 g/mol. The van der Waals surface area contributed by atoms with Crippen molar-refractivity contribution in [1.29, 1.82) is 0 Å². The number of nitrogens with zero attached hydrogens (tertiary/aromatic N) is 5. The molecular weight excluding hydrogens is 483 g/mol. The number of amides is 1. The highest BCUT2D eigenvalue weighted by Crippen LogP contribution is 2.28. The smallest absolute Gasteiger partial charge is 0.238 e. The van der Waals surface area contributed by atoms with E-state index in [4.69, 9.17) is 23.2 Å². The van der Waals surface area contributed by atoms with Gasteiger partial charge in [-0.1, -0.05) is 53.5 Å². The summed E-state index contributed by atoms with van der Waals surface area (Å²) in [5, 5.41) is 15.2. The number of aromatic nitrogens is 3. The van der Waals surface area contributed by atoms with Crippen molar-refractivity contribution in [2.75, 3.05) is 42.9 Å². The van der Waals surface area contributed by atoms with E-state index in [0.717, 1.165) is 54.0 Å². The lowest BCUT2D eigenvalue weighted by molar-refractivity contribution is -0.117. The molecule has 1 amide bonds. The predicted octanol–water partition coefficient (Wildman–Crippen LogP) is 4.68. The van der Waals surface area contributed by atoms with Gasteiger partial charge in [0.2, 0.25) is 5.91 Å². The molecule has 0 unspecified atom stereocenters. The number of nitrogens with one attached hydrogen (secondary N) is 1. The summed E-state index contributed by atoms with van der Waals surface area (Å²) < 4.78 is 0. The topological polar surface area (TPSA) is 74.2 Å². The molecule has 2 aromatic carbocycles. The molecule has 3 heterocycles. The second-order valence-corrected chi connectivity index (χ2v) is 9.40. The lowest BCUT2D eigenvalue weighted by Gasteiger charge is -2.35. The van der Waals surface area contributed by atoms with Gasteiger partial charge in [-0.3, -0.25) is 14.7 Å². The van der Waals surface area contributed by atoms with Gasteiger partial charge in [0.15, 0.2) is 5.82 Å². The van der Waals surface area contributed by atoms with Crippen molar-refractivity contribution in [3.63, 3.8) is 0 Å². The van der Waals surface area contributed by atoms with Crippen LogP contribution in [0.3, 0.4) is 0 Å². The number of pyridine rings is 1. The Balaban J connectivity index is 1.24. The van der Waals surface area contributed by atoms with Crippen molar-refractivity contribution >= 4 is 51.4 Å². The molecular formula is C26H24Cl2N6O. The molecule has 178 valence electrons. The van der Waals surface area contributed by atoms with Gasteiger partial charge in [-0.15, -0.1) is 5.10 Å². The molecule has 1 aliphatic rings. The minimum atomic E-state index is -0.0956. The van der Waals surface area contributed by atoms with Gasteiger partial charge in [0.05, 0.1) is 12.2 Å². The summed E-state index contributed by atoms with van der Waals surface area (Å²) in [6.07, 6.45) is 4.32. The lowest BCUT2D eigenvalue weighted by atomic mass is 10.0. The molecule has 1 fully saturated rings. The van der Waals surface area contributed by atoms with Gasteiger partial charge in [0.1, 0.15) is 0 Å². The Kier molecular flexibility index (Phi) is 7.08. The number of rotatable bonds is 6. The van der Waals surface area contributed by atoms with Crippen LogP contribution in [0, 0.1) is 0 Å². The van der Waals surface area contributed by atoms with Crippen molar-refractivity contribution in [3.8, 4) is 0 Å². The summed E-state index contributed by atoms with van der Waals surface area (Å²) in [5.74, 6) is 0.787. The molecule has 0 saturated carbocycles. The van der Waals surface area contributed by atoms with Crippen LogP contribution in [0.1, 0.15) is 11.3 Å². The molecule has 1 aliphatic heterocycles. The van der Waals surface area contributed by atoms with Crippen molar-refractivity contribution in [1.82, 2.24) is 20.1 Å². The average molecular weight is 507 g/mol. The fraction of sp³-hybridized carbons (Fsp3) is 0.231. The van der Waals surface area contributed by atoms with E-state index in [9.17, 15) is 4.79 Å². The lowest BCUT2D eigenvalue weighted by Crippen LogP contribution is -2.49. The first-order valence-electron chi connectivity index (χ1n) is 11.4. The number of anilines is 2. The van der Waals surface area contributed by atoms with Gasteiger partial charge in [-0.2, -0.15) is 5.10 Å². The number of fused-ring (bicyclic) bond motifs is 1. The van der Waals surface area contributed by atoms with Crippen LogP contribution in [-0.2, 0) is 11.2 Å². The molecule has 7 nitrogen and oxygen atoms in total. The highest BCUT2D eigenvalue weighted by Gasteiger charge is 2.22. The molecule has 2 aromatic heterocycles. The van der Waals surface area contributed by atoms with Crippen LogP contribution in [-0.4, -0.2) is 58.7 Å². The van der Waals surface area contributed by atoms with Crippen LogP contribution in [0.5, 0.6) is 0 Å². The SMILES string of the molecule is O=C(CN1CCN(c2nnc(Cc3cccnc3)c3ccccc23)CC1)Nc1cc(Cl)cc(Cl)c1. The van der Waals surface area contributed by atoms with Gasteiger partial charge >= 0.3 is 0 Å². The first kappa shape index (κ1) is 23.5. The number of hydrogen-bond acceptors (Lipinski definition) is 6. The van der Waals surface area contributed by atoms with Gasteiger partial charge in [0.25, 0.3) is 0 Å². The number of piperazine rings is 1. The fourth-order valence-corrected chi connectivity index (χ4v) is 4.88. The Hall–Kier alpha value is -3.26. The van der Waals surface area contributed by atoms with E-state index >= 15 is 0 Å². The Bertz CT molecular complexity index is 1320. The minimum absolute atomic E-state index is 0.0956. The second kappa shape index (κ2) is 10.6. The van der Waals surface area contributed by atoms with Crippen LogP contribution in [0.25, 0.3) is 10.8 Å². The Morgan fingerprint density at radius 1 is 0.914 bits per heavy atom. The molecule has 0 radical (unpaired) electrons. The summed E-state index contributed by atoms with van der Waals surface area (Å²) in [6.45, 7) is 3.32. The van der Waals surface area contributed by atoms with Gasteiger partial charge in [-0.25, -0.2) is 0 Å². The molecule has 0 spiro atoms. The second-order valence-electron chi connectivity index (χ2n) is 8.52. The normalized spacial score (nSPS) is 14.3. The van der Waals surface area contributed by atoms with E-state index in [0.29, 0.717) is 28.7 Å². The summed E-state index contributed by atoms with van der Waals surface area (Å²) >= 11 is 12.1. The average Bonchev–Trinajstić information content (AvgIpc) is 2.85. The zero-order valence-corrected chi connectivity index (χ0v) is 20.5. The van der Waals surface area contributed by atoms with Crippen LogP contribution < -0.4 is 10.2 Å². The van der Waals surface area contributed by atoms with E-state index in [1.807, 2.05) is 30.5 Å². The first-order valence-corrected chi connectivity index (χ1v) is 12.2. The zero-order valence-electron chi connectivity index (χ0n) is 19.0.